The molecule has 1 amide bonds. The zero-order valence-corrected chi connectivity index (χ0v) is 8.24. The lowest BCUT2D eigenvalue weighted by Gasteiger charge is -2.28. The summed E-state index contributed by atoms with van der Waals surface area (Å²) in [5.74, 6) is -0.0973. The van der Waals surface area contributed by atoms with Gasteiger partial charge in [0.2, 0.25) is 5.91 Å². The van der Waals surface area contributed by atoms with Gasteiger partial charge in [0.05, 0.1) is 24.1 Å². The smallest absolute Gasteiger partial charge is 0.224 e. The zero-order chi connectivity index (χ0) is 10.0. The standard InChI is InChI=1S/C8H14ClNO3/c1-5(12)7(4-11)10-3-6(9)2-8(10)13/h5-7,11-12H,2-4H2,1H3/t5-,6?,7-/m1/s1. The molecule has 0 radical (unpaired) electrons. The van der Waals surface area contributed by atoms with E-state index in [9.17, 15) is 9.90 Å². The van der Waals surface area contributed by atoms with Gasteiger partial charge >= 0.3 is 0 Å². The van der Waals surface area contributed by atoms with E-state index in [2.05, 4.69) is 0 Å². The first kappa shape index (κ1) is 10.8. The maximum Gasteiger partial charge on any atom is 0.224 e. The number of halogens is 1. The number of hydrogen-bond donors (Lipinski definition) is 2. The summed E-state index contributed by atoms with van der Waals surface area (Å²) in [5, 5.41) is 18.0. The summed E-state index contributed by atoms with van der Waals surface area (Å²) in [6, 6.07) is -0.517. The van der Waals surface area contributed by atoms with Crippen molar-refractivity contribution in [3.8, 4) is 0 Å². The maximum atomic E-state index is 11.3. The van der Waals surface area contributed by atoms with E-state index >= 15 is 0 Å². The number of aliphatic hydroxyl groups is 2. The van der Waals surface area contributed by atoms with Gasteiger partial charge in [-0.3, -0.25) is 4.79 Å². The number of carbonyl (C=O) groups excluding carboxylic acids is 1. The molecule has 1 unspecified atom stereocenters. The molecule has 1 rings (SSSR count). The Labute approximate surface area is 82.1 Å². The number of carbonyl (C=O) groups is 1. The topological polar surface area (TPSA) is 60.8 Å². The fourth-order valence-electron chi connectivity index (χ4n) is 1.52. The number of likely N-dealkylation sites (tertiary alicyclic amines) is 1. The number of rotatable bonds is 3. The van der Waals surface area contributed by atoms with Crippen LogP contribution in [0.5, 0.6) is 0 Å². The van der Waals surface area contributed by atoms with Crippen LogP contribution in [0.25, 0.3) is 0 Å². The van der Waals surface area contributed by atoms with Gasteiger partial charge in [0.1, 0.15) is 0 Å². The van der Waals surface area contributed by atoms with Crippen molar-refractivity contribution in [3.63, 3.8) is 0 Å². The van der Waals surface area contributed by atoms with Crippen LogP contribution in [-0.2, 0) is 4.79 Å². The van der Waals surface area contributed by atoms with Crippen LogP contribution in [-0.4, -0.2) is 51.7 Å². The van der Waals surface area contributed by atoms with Gasteiger partial charge in [0, 0.05) is 13.0 Å². The normalized spacial score (nSPS) is 27.8. The second kappa shape index (κ2) is 4.26. The van der Waals surface area contributed by atoms with Crippen molar-refractivity contribution in [1.29, 1.82) is 0 Å². The van der Waals surface area contributed by atoms with Crippen molar-refractivity contribution in [2.75, 3.05) is 13.2 Å². The summed E-state index contributed by atoms with van der Waals surface area (Å²) in [5.41, 5.74) is 0. The molecule has 5 heteroatoms. The molecule has 76 valence electrons. The van der Waals surface area contributed by atoms with Crippen LogP contribution in [0.4, 0.5) is 0 Å². The first-order valence-corrected chi connectivity index (χ1v) is 4.72. The van der Waals surface area contributed by atoms with Gasteiger partial charge in [-0.15, -0.1) is 11.6 Å². The third-order valence-corrected chi connectivity index (χ3v) is 2.55. The van der Waals surface area contributed by atoms with Crippen LogP contribution >= 0.6 is 11.6 Å². The molecule has 2 N–H and O–H groups in total. The molecular formula is C8H14ClNO3. The quantitative estimate of drug-likeness (QED) is 0.618. The molecule has 4 nitrogen and oxygen atoms in total. The average Bonchev–Trinajstić information content (AvgIpc) is 2.31. The highest BCUT2D eigenvalue weighted by atomic mass is 35.5. The Balaban J connectivity index is 2.64. The van der Waals surface area contributed by atoms with Crippen molar-refractivity contribution in [3.05, 3.63) is 0 Å². The van der Waals surface area contributed by atoms with Crippen molar-refractivity contribution < 1.29 is 15.0 Å². The second-order valence-corrected chi connectivity index (χ2v) is 3.96. The minimum Gasteiger partial charge on any atom is -0.394 e. The number of amides is 1. The minimum atomic E-state index is -0.726. The molecule has 0 aromatic heterocycles. The molecule has 0 bridgehead atoms. The van der Waals surface area contributed by atoms with E-state index < -0.39 is 12.1 Å². The predicted octanol–water partition coefficient (Wildman–Crippen LogP) is -0.432. The lowest BCUT2D eigenvalue weighted by atomic mass is 10.2. The summed E-state index contributed by atoms with van der Waals surface area (Å²) in [7, 11) is 0. The summed E-state index contributed by atoms with van der Waals surface area (Å²) in [6.07, 6.45) is -0.430. The van der Waals surface area contributed by atoms with E-state index in [-0.39, 0.29) is 17.9 Å². The van der Waals surface area contributed by atoms with Gasteiger partial charge in [0.25, 0.3) is 0 Å². The van der Waals surface area contributed by atoms with E-state index in [4.69, 9.17) is 16.7 Å². The molecule has 1 aliphatic heterocycles. The average molecular weight is 208 g/mol. The molecule has 0 saturated carbocycles. The molecule has 1 aliphatic rings. The Kier molecular flexibility index (Phi) is 3.53. The van der Waals surface area contributed by atoms with Crippen molar-refractivity contribution in [2.24, 2.45) is 0 Å². The molecule has 0 aliphatic carbocycles. The third-order valence-electron chi connectivity index (χ3n) is 2.26. The Hall–Kier alpha value is -0.320. The van der Waals surface area contributed by atoms with Gasteiger partial charge in [-0.1, -0.05) is 0 Å². The van der Waals surface area contributed by atoms with Gasteiger partial charge in [0.15, 0.2) is 0 Å². The Bertz CT molecular complexity index is 198. The fraction of sp³-hybridized carbons (Fsp3) is 0.875. The van der Waals surface area contributed by atoms with Crippen molar-refractivity contribution in [2.45, 2.75) is 30.9 Å². The highest BCUT2D eigenvalue weighted by molar-refractivity contribution is 6.22. The van der Waals surface area contributed by atoms with Gasteiger partial charge in [-0.05, 0) is 6.92 Å². The SMILES string of the molecule is C[C@@H](O)[C@@H](CO)N1CC(Cl)CC1=O. The molecule has 0 spiro atoms. The molecular weight excluding hydrogens is 194 g/mol. The minimum absolute atomic E-state index is 0.0973. The molecule has 3 atom stereocenters. The van der Waals surface area contributed by atoms with E-state index in [0.717, 1.165) is 0 Å². The summed E-state index contributed by atoms with van der Waals surface area (Å²) in [4.78, 5) is 12.8. The summed E-state index contributed by atoms with van der Waals surface area (Å²) >= 11 is 5.78. The number of hydrogen-bond acceptors (Lipinski definition) is 3. The largest absolute Gasteiger partial charge is 0.394 e. The first-order chi connectivity index (χ1) is 6.06. The van der Waals surface area contributed by atoms with Crippen molar-refractivity contribution >= 4 is 17.5 Å². The van der Waals surface area contributed by atoms with Crippen LogP contribution in [0.2, 0.25) is 0 Å². The van der Waals surface area contributed by atoms with Crippen molar-refractivity contribution in [1.82, 2.24) is 4.90 Å². The van der Waals surface area contributed by atoms with E-state index in [1.54, 1.807) is 6.92 Å². The van der Waals surface area contributed by atoms with Crippen LogP contribution in [0.1, 0.15) is 13.3 Å². The molecule has 1 fully saturated rings. The van der Waals surface area contributed by atoms with Crippen LogP contribution < -0.4 is 0 Å². The van der Waals surface area contributed by atoms with Gasteiger partial charge in [-0.2, -0.15) is 0 Å². The molecule has 1 saturated heterocycles. The highest BCUT2D eigenvalue weighted by Gasteiger charge is 2.34. The lowest BCUT2D eigenvalue weighted by molar-refractivity contribution is -0.132. The molecule has 0 aromatic carbocycles. The molecule has 1 heterocycles. The Morgan fingerprint density at radius 3 is 2.69 bits per heavy atom. The van der Waals surface area contributed by atoms with Gasteiger partial charge < -0.3 is 15.1 Å². The fourth-order valence-corrected chi connectivity index (χ4v) is 1.80. The van der Waals surface area contributed by atoms with Gasteiger partial charge in [-0.25, -0.2) is 0 Å². The van der Waals surface area contributed by atoms with Crippen LogP contribution in [0.3, 0.4) is 0 Å². The molecule has 0 aromatic rings. The predicted molar refractivity (Wildman–Crippen MR) is 48.5 cm³/mol. The van der Waals surface area contributed by atoms with Crippen LogP contribution in [0.15, 0.2) is 0 Å². The van der Waals surface area contributed by atoms with E-state index in [1.165, 1.54) is 4.90 Å². The lowest BCUT2D eigenvalue weighted by Crippen LogP contribution is -2.45. The first-order valence-electron chi connectivity index (χ1n) is 4.28. The Morgan fingerprint density at radius 1 is 1.77 bits per heavy atom. The maximum absolute atomic E-state index is 11.3. The Morgan fingerprint density at radius 2 is 2.38 bits per heavy atom. The monoisotopic (exact) mass is 207 g/mol. The van der Waals surface area contributed by atoms with E-state index in [0.29, 0.717) is 13.0 Å². The number of aliphatic hydroxyl groups excluding tert-OH is 2. The number of alkyl halides is 1. The zero-order valence-electron chi connectivity index (χ0n) is 7.48. The second-order valence-electron chi connectivity index (χ2n) is 3.34. The van der Waals surface area contributed by atoms with Crippen LogP contribution in [0, 0.1) is 0 Å². The summed E-state index contributed by atoms with van der Waals surface area (Å²) in [6.45, 7) is 1.74. The number of nitrogens with zero attached hydrogens (tertiary/aromatic N) is 1. The third kappa shape index (κ3) is 2.33. The summed E-state index contributed by atoms with van der Waals surface area (Å²) < 4.78 is 0. The highest BCUT2D eigenvalue weighted by Crippen LogP contribution is 2.20. The molecule has 13 heavy (non-hydrogen) atoms. The van der Waals surface area contributed by atoms with E-state index in [1.807, 2.05) is 0 Å².